The number of aromatic amines is 1. The Morgan fingerprint density at radius 3 is 2.93 bits per heavy atom. The van der Waals surface area contributed by atoms with Crippen LogP contribution in [0.3, 0.4) is 0 Å². The number of pyridine rings is 2. The number of amides is 1. The van der Waals surface area contributed by atoms with Crippen molar-refractivity contribution in [1.29, 1.82) is 0 Å². The van der Waals surface area contributed by atoms with Gasteiger partial charge in [-0.3, -0.25) is 9.59 Å². The van der Waals surface area contributed by atoms with E-state index in [2.05, 4.69) is 15.3 Å². The second-order valence-corrected chi connectivity index (χ2v) is 3.12. The van der Waals surface area contributed by atoms with E-state index in [1.54, 1.807) is 24.4 Å². The van der Waals surface area contributed by atoms with E-state index in [1.165, 1.54) is 6.92 Å². The molecule has 2 rings (SSSR count). The molecule has 0 bridgehead atoms. The number of carbonyl (C=O) groups is 1. The molecule has 0 unspecified atom stereocenters. The lowest BCUT2D eigenvalue weighted by atomic mass is 10.2. The zero-order valence-corrected chi connectivity index (χ0v) is 8.07. The highest BCUT2D eigenvalue weighted by atomic mass is 16.1. The Morgan fingerprint density at radius 2 is 2.20 bits per heavy atom. The molecule has 5 heteroatoms. The van der Waals surface area contributed by atoms with Gasteiger partial charge in [0.15, 0.2) is 0 Å². The molecule has 15 heavy (non-hydrogen) atoms. The maximum Gasteiger partial charge on any atom is 0.274 e. The normalized spacial score (nSPS) is 10.2. The summed E-state index contributed by atoms with van der Waals surface area (Å²) >= 11 is 0. The molecule has 2 N–H and O–H groups in total. The number of hydrogen-bond acceptors (Lipinski definition) is 3. The fourth-order valence-corrected chi connectivity index (χ4v) is 1.31. The first-order chi connectivity index (χ1) is 7.16. The van der Waals surface area contributed by atoms with Crippen LogP contribution in [0.1, 0.15) is 6.92 Å². The Balaban J connectivity index is 2.59. The lowest BCUT2D eigenvalue weighted by Gasteiger charge is -2.01. The summed E-state index contributed by atoms with van der Waals surface area (Å²) in [6, 6.07) is 5.15. The van der Waals surface area contributed by atoms with E-state index in [-0.39, 0.29) is 11.5 Å². The van der Waals surface area contributed by atoms with Crippen molar-refractivity contribution in [2.45, 2.75) is 6.92 Å². The molecule has 0 aliphatic rings. The number of aromatic nitrogens is 2. The van der Waals surface area contributed by atoms with Crippen molar-refractivity contribution in [2.24, 2.45) is 0 Å². The van der Waals surface area contributed by atoms with Gasteiger partial charge in [-0.25, -0.2) is 4.98 Å². The van der Waals surface area contributed by atoms with Crippen molar-refractivity contribution >= 4 is 22.6 Å². The van der Waals surface area contributed by atoms with Crippen molar-refractivity contribution in [3.8, 4) is 0 Å². The number of nitrogens with zero attached hydrogens (tertiary/aromatic N) is 1. The molecular formula is C10H9N3O2. The zero-order chi connectivity index (χ0) is 10.8. The molecule has 0 fully saturated rings. The Kier molecular flexibility index (Phi) is 2.21. The van der Waals surface area contributed by atoms with Gasteiger partial charge in [-0.05, 0) is 18.2 Å². The molecule has 2 aromatic heterocycles. The van der Waals surface area contributed by atoms with E-state index in [0.29, 0.717) is 11.3 Å². The minimum Gasteiger partial charge on any atom is -0.327 e. The molecule has 0 spiro atoms. The topological polar surface area (TPSA) is 74.8 Å². The van der Waals surface area contributed by atoms with Crippen molar-refractivity contribution in [2.75, 3.05) is 5.32 Å². The SMILES string of the molecule is CC(=O)Nc1ccc2cc[nH]c(=O)c2n1. The number of hydrogen-bond donors (Lipinski definition) is 2. The van der Waals surface area contributed by atoms with Gasteiger partial charge in [-0.2, -0.15) is 0 Å². The summed E-state index contributed by atoms with van der Waals surface area (Å²) < 4.78 is 0. The smallest absolute Gasteiger partial charge is 0.274 e. The van der Waals surface area contributed by atoms with Crippen LogP contribution >= 0.6 is 0 Å². The molecule has 0 aromatic carbocycles. The maximum atomic E-state index is 11.4. The summed E-state index contributed by atoms with van der Waals surface area (Å²) in [7, 11) is 0. The minimum atomic E-state index is -0.264. The Bertz CT molecular complexity index is 574. The summed E-state index contributed by atoms with van der Waals surface area (Å²) in [4.78, 5) is 28.7. The summed E-state index contributed by atoms with van der Waals surface area (Å²) in [5.41, 5.74) is 0.0588. The molecule has 0 aliphatic heterocycles. The van der Waals surface area contributed by atoms with Gasteiger partial charge in [-0.15, -0.1) is 0 Å². The molecule has 0 radical (unpaired) electrons. The van der Waals surface area contributed by atoms with Crippen LogP contribution in [0.15, 0.2) is 29.2 Å². The average molecular weight is 203 g/mol. The highest BCUT2D eigenvalue weighted by molar-refractivity contribution is 5.89. The second-order valence-electron chi connectivity index (χ2n) is 3.12. The Hall–Kier alpha value is -2.17. The van der Waals surface area contributed by atoms with Gasteiger partial charge in [0.1, 0.15) is 11.3 Å². The van der Waals surface area contributed by atoms with Crippen molar-refractivity contribution in [1.82, 2.24) is 9.97 Å². The van der Waals surface area contributed by atoms with Gasteiger partial charge >= 0.3 is 0 Å². The number of carbonyl (C=O) groups excluding carboxylic acids is 1. The molecule has 0 atom stereocenters. The third-order valence-electron chi connectivity index (χ3n) is 1.92. The second kappa shape index (κ2) is 3.53. The number of nitrogens with one attached hydrogen (secondary N) is 2. The van der Waals surface area contributed by atoms with E-state index in [4.69, 9.17) is 0 Å². The number of rotatable bonds is 1. The molecule has 0 aliphatic carbocycles. The Morgan fingerprint density at radius 1 is 1.40 bits per heavy atom. The van der Waals surface area contributed by atoms with Crippen molar-refractivity contribution in [3.63, 3.8) is 0 Å². The summed E-state index contributed by atoms with van der Waals surface area (Å²) in [6.45, 7) is 1.39. The average Bonchev–Trinajstić information content (AvgIpc) is 2.18. The van der Waals surface area contributed by atoms with E-state index < -0.39 is 0 Å². The quantitative estimate of drug-likeness (QED) is 0.722. The summed E-state index contributed by atoms with van der Waals surface area (Å²) in [5.74, 6) is 0.168. The molecule has 2 heterocycles. The highest BCUT2D eigenvalue weighted by Crippen LogP contribution is 2.10. The van der Waals surface area contributed by atoms with Crippen LogP contribution in [0.2, 0.25) is 0 Å². The third kappa shape index (κ3) is 1.85. The highest BCUT2D eigenvalue weighted by Gasteiger charge is 2.02. The van der Waals surface area contributed by atoms with E-state index in [1.807, 2.05) is 0 Å². The van der Waals surface area contributed by atoms with Crippen molar-refractivity contribution in [3.05, 3.63) is 34.7 Å². The lowest BCUT2D eigenvalue weighted by molar-refractivity contribution is -0.114. The van der Waals surface area contributed by atoms with E-state index >= 15 is 0 Å². The third-order valence-corrected chi connectivity index (χ3v) is 1.92. The van der Waals surface area contributed by atoms with Gasteiger partial charge in [0, 0.05) is 18.5 Å². The predicted molar refractivity (Wildman–Crippen MR) is 56.7 cm³/mol. The van der Waals surface area contributed by atoms with Gasteiger partial charge < -0.3 is 10.3 Å². The standard InChI is InChI=1S/C10H9N3O2/c1-6(14)12-8-3-2-7-4-5-11-10(15)9(7)13-8/h2-5H,1H3,(H,11,15)(H,12,13,14). The zero-order valence-electron chi connectivity index (χ0n) is 8.07. The van der Waals surface area contributed by atoms with Crippen LogP contribution in [-0.2, 0) is 4.79 Å². The first-order valence-corrected chi connectivity index (χ1v) is 4.43. The molecule has 0 saturated heterocycles. The van der Waals surface area contributed by atoms with E-state index in [0.717, 1.165) is 5.39 Å². The summed E-state index contributed by atoms with van der Waals surface area (Å²) in [6.07, 6.45) is 1.56. The summed E-state index contributed by atoms with van der Waals surface area (Å²) in [5, 5.41) is 3.26. The molecule has 1 amide bonds. The minimum absolute atomic E-state index is 0.214. The van der Waals surface area contributed by atoms with Crippen LogP contribution in [0.25, 0.3) is 10.9 Å². The first-order valence-electron chi connectivity index (χ1n) is 4.43. The molecular weight excluding hydrogens is 194 g/mol. The van der Waals surface area contributed by atoms with Crippen molar-refractivity contribution < 1.29 is 4.79 Å². The van der Waals surface area contributed by atoms with Crippen LogP contribution in [0.5, 0.6) is 0 Å². The molecule has 76 valence electrons. The van der Waals surface area contributed by atoms with Gasteiger partial charge in [0.25, 0.3) is 5.56 Å². The van der Waals surface area contributed by atoms with Crippen LogP contribution < -0.4 is 10.9 Å². The predicted octanol–water partition coefficient (Wildman–Crippen LogP) is 0.881. The molecule has 2 aromatic rings. The fraction of sp³-hybridized carbons (Fsp3) is 0.100. The first kappa shape index (κ1) is 9.39. The van der Waals surface area contributed by atoms with Crippen LogP contribution in [0, 0.1) is 0 Å². The van der Waals surface area contributed by atoms with E-state index in [9.17, 15) is 9.59 Å². The number of H-pyrrole nitrogens is 1. The largest absolute Gasteiger partial charge is 0.327 e. The van der Waals surface area contributed by atoms with Gasteiger partial charge in [0.2, 0.25) is 5.91 Å². The fourth-order valence-electron chi connectivity index (χ4n) is 1.31. The van der Waals surface area contributed by atoms with Gasteiger partial charge in [0.05, 0.1) is 0 Å². The van der Waals surface area contributed by atoms with Gasteiger partial charge in [-0.1, -0.05) is 0 Å². The molecule has 5 nitrogen and oxygen atoms in total. The maximum absolute atomic E-state index is 11.4. The number of anilines is 1. The Labute approximate surface area is 85.2 Å². The monoisotopic (exact) mass is 203 g/mol. The molecule has 0 saturated carbocycles. The van der Waals surface area contributed by atoms with Crippen LogP contribution in [-0.4, -0.2) is 15.9 Å². The lowest BCUT2D eigenvalue weighted by Crippen LogP contribution is -2.11. The number of fused-ring (bicyclic) bond motifs is 1. The van der Waals surface area contributed by atoms with Crippen LogP contribution in [0.4, 0.5) is 5.82 Å².